The van der Waals surface area contributed by atoms with Gasteiger partial charge in [-0.1, -0.05) is 18.2 Å². The number of aryl methyl sites for hydroxylation is 2. The van der Waals surface area contributed by atoms with Crippen molar-refractivity contribution in [2.45, 2.75) is 27.1 Å². The highest BCUT2D eigenvalue weighted by Gasteiger charge is 2.15. The molecule has 5 aromatic rings. The molecule has 0 atom stereocenters. The smallest absolute Gasteiger partial charge is 0.373 e. The van der Waals surface area contributed by atoms with Gasteiger partial charge in [-0.25, -0.2) is 9.59 Å². The average molecular weight is 741 g/mol. The van der Waals surface area contributed by atoms with Gasteiger partial charge in [-0.3, -0.25) is 0 Å². The molecular weight excluding hydrogens is 707 g/mol. The quantitative estimate of drug-likeness (QED) is 0.105. The third-order valence-corrected chi connectivity index (χ3v) is 7.53. The Morgan fingerprint density at radius 1 is 0.674 bits per heavy atom. The topological polar surface area (TPSA) is 127 Å². The number of rotatable bonds is 11. The van der Waals surface area contributed by atoms with E-state index in [-0.39, 0.29) is 18.1 Å². The van der Waals surface area contributed by atoms with E-state index in [4.69, 9.17) is 32.9 Å². The molecule has 1 N–H and O–H groups in total. The van der Waals surface area contributed by atoms with Crippen LogP contribution >= 0.6 is 22.6 Å². The number of carboxylic acid groups (broad SMARTS) is 1. The molecule has 0 fully saturated rings. The summed E-state index contributed by atoms with van der Waals surface area (Å²) < 4.78 is 38.2. The molecule has 0 spiro atoms. The lowest BCUT2D eigenvalue weighted by Gasteiger charge is -2.10. The number of furan rings is 2. The van der Waals surface area contributed by atoms with Gasteiger partial charge in [-0.15, -0.1) is 0 Å². The molecule has 240 valence electrons. The van der Waals surface area contributed by atoms with Crippen LogP contribution in [-0.2, 0) is 18.0 Å². The van der Waals surface area contributed by atoms with Crippen molar-refractivity contribution >= 4 is 34.5 Å². The summed E-state index contributed by atoms with van der Waals surface area (Å²) in [6.45, 7) is 4.09. The van der Waals surface area contributed by atoms with E-state index in [0.29, 0.717) is 40.9 Å². The molecule has 3 aromatic carbocycles. The summed E-state index contributed by atoms with van der Waals surface area (Å²) in [4.78, 5) is 22.3. The first-order chi connectivity index (χ1) is 22.1. The zero-order valence-electron chi connectivity index (χ0n) is 25.9. The second-order valence-corrected chi connectivity index (χ2v) is 11.1. The van der Waals surface area contributed by atoms with Crippen molar-refractivity contribution in [2.75, 3.05) is 21.3 Å². The Balaban J connectivity index is 0.000000222. The van der Waals surface area contributed by atoms with Crippen molar-refractivity contribution < 1.29 is 47.2 Å². The Morgan fingerprint density at radius 3 is 1.67 bits per heavy atom. The molecule has 2 heterocycles. The van der Waals surface area contributed by atoms with Crippen LogP contribution in [0.3, 0.4) is 0 Å². The van der Waals surface area contributed by atoms with Crippen molar-refractivity contribution in [1.29, 1.82) is 0 Å². The molecule has 5 rings (SSSR count). The minimum atomic E-state index is -1.09. The van der Waals surface area contributed by atoms with Crippen LogP contribution < -0.4 is 18.9 Å². The van der Waals surface area contributed by atoms with Gasteiger partial charge in [0.15, 0.2) is 11.5 Å². The van der Waals surface area contributed by atoms with E-state index in [1.807, 2.05) is 66.7 Å². The number of carbonyl (C=O) groups is 2. The summed E-state index contributed by atoms with van der Waals surface area (Å²) in [5, 5.41) is 8.97. The number of hydrogen-bond donors (Lipinski definition) is 1. The van der Waals surface area contributed by atoms with Crippen LogP contribution in [0.25, 0.3) is 11.1 Å². The molecule has 0 unspecified atom stereocenters. The maximum Gasteiger partial charge on any atom is 0.373 e. The number of halogens is 1. The molecule has 11 heteroatoms. The maximum absolute atomic E-state index is 11.3. The van der Waals surface area contributed by atoms with Gasteiger partial charge in [0.25, 0.3) is 0 Å². The number of carbonyl (C=O) groups excluding carboxylic acids is 1. The first kappa shape index (κ1) is 34.0. The highest BCUT2D eigenvalue weighted by Crippen LogP contribution is 2.33. The van der Waals surface area contributed by atoms with Crippen molar-refractivity contribution in [3.8, 4) is 34.1 Å². The molecule has 0 bridgehead atoms. The van der Waals surface area contributed by atoms with Gasteiger partial charge in [-0.2, -0.15) is 0 Å². The number of esters is 1. The fraction of sp³-hybridized carbons (Fsp3) is 0.200. The molecule has 0 aliphatic heterocycles. The lowest BCUT2D eigenvalue weighted by molar-refractivity contribution is 0.0563. The summed E-state index contributed by atoms with van der Waals surface area (Å²) in [5.74, 6) is 2.53. The summed E-state index contributed by atoms with van der Waals surface area (Å²) in [6.07, 6.45) is 0. The molecule has 0 radical (unpaired) electrons. The van der Waals surface area contributed by atoms with Gasteiger partial charge in [0.05, 0.1) is 21.3 Å². The zero-order chi connectivity index (χ0) is 33.2. The van der Waals surface area contributed by atoms with Crippen LogP contribution in [0.2, 0.25) is 0 Å². The van der Waals surface area contributed by atoms with E-state index in [9.17, 15) is 9.59 Å². The van der Waals surface area contributed by atoms with Crippen molar-refractivity contribution in [3.63, 3.8) is 0 Å². The van der Waals surface area contributed by atoms with Gasteiger partial charge in [0.1, 0.15) is 36.2 Å². The normalized spacial score (nSPS) is 10.4. The van der Waals surface area contributed by atoms with Crippen LogP contribution in [-0.4, -0.2) is 38.4 Å². The van der Waals surface area contributed by atoms with E-state index in [1.54, 1.807) is 34.1 Å². The van der Waals surface area contributed by atoms with E-state index < -0.39 is 11.9 Å². The minimum Gasteiger partial charge on any atom is -0.493 e. The third-order valence-electron chi connectivity index (χ3n) is 6.81. The second kappa shape index (κ2) is 15.9. The Kier molecular flexibility index (Phi) is 11.7. The van der Waals surface area contributed by atoms with Crippen molar-refractivity contribution in [3.05, 3.63) is 117 Å². The predicted octanol–water partition coefficient (Wildman–Crippen LogP) is 8.11. The fourth-order valence-electron chi connectivity index (χ4n) is 4.25. The molecule has 0 saturated carbocycles. The van der Waals surface area contributed by atoms with Gasteiger partial charge in [0, 0.05) is 14.7 Å². The fourth-order valence-corrected chi connectivity index (χ4v) is 4.60. The summed E-state index contributed by atoms with van der Waals surface area (Å²) in [7, 11) is 4.53. The molecule has 10 nitrogen and oxygen atoms in total. The molecule has 0 saturated heterocycles. The van der Waals surface area contributed by atoms with Gasteiger partial charge >= 0.3 is 11.9 Å². The lowest BCUT2D eigenvalue weighted by atomic mass is 10.1. The number of carboxylic acids is 1. The van der Waals surface area contributed by atoms with E-state index in [2.05, 4.69) is 27.3 Å². The molecular formula is C35H33IO10. The van der Waals surface area contributed by atoms with Crippen molar-refractivity contribution in [2.24, 2.45) is 0 Å². The Labute approximate surface area is 279 Å². The van der Waals surface area contributed by atoms with Crippen molar-refractivity contribution in [1.82, 2.24) is 0 Å². The van der Waals surface area contributed by atoms with Crippen LogP contribution in [0.4, 0.5) is 0 Å². The summed E-state index contributed by atoms with van der Waals surface area (Å²) in [5.41, 5.74) is 3.54. The maximum atomic E-state index is 11.3. The number of ether oxygens (including phenoxy) is 5. The molecule has 0 aliphatic carbocycles. The highest BCUT2D eigenvalue weighted by atomic mass is 127. The van der Waals surface area contributed by atoms with Crippen LogP contribution in [0, 0.1) is 17.4 Å². The number of benzene rings is 3. The minimum absolute atomic E-state index is 0.0881. The highest BCUT2D eigenvalue weighted by molar-refractivity contribution is 14.1. The summed E-state index contributed by atoms with van der Waals surface area (Å²) in [6, 6.07) is 24.2. The molecule has 46 heavy (non-hydrogen) atoms. The van der Waals surface area contributed by atoms with Crippen LogP contribution in [0.15, 0.2) is 87.7 Å². The van der Waals surface area contributed by atoms with Crippen LogP contribution in [0.1, 0.15) is 43.8 Å². The van der Waals surface area contributed by atoms with Gasteiger partial charge in [-0.05, 0) is 108 Å². The Hall–Kier alpha value is -4.91. The average Bonchev–Trinajstić information content (AvgIpc) is 3.64. The number of aromatic carboxylic acids is 1. The molecule has 2 aromatic heterocycles. The van der Waals surface area contributed by atoms with E-state index in [0.717, 1.165) is 26.0 Å². The number of hydrogen-bond acceptors (Lipinski definition) is 9. The summed E-state index contributed by atoms with van der Waals surface area (Å²) >= 11 is 2.23. The Bertz CT molecular complexity index is 1770. The largest absolute Gasteiger partial charge is 0.493 e. The molecule has 0 aliphatic rings. The second-order valence-electron chi connectivity index (χ2n) is 9.81. The van der Waals surface area contributed by atoms with E-state index >= 15 is 0 Å². The monoisotopic (exact) mass is 740 g/mol. The Morgan fingerprint density at radius 2 is 1.17 bits per heavy atom. The lowest BCUT2D eigenvalue weighted by Crippen LogP contribution is -1.99. The first-order valence-corrected chi connectivity index (χ1v) is 15.0. The predicted molar refractivity (Wildman–Crippen MR) is 178 cm³/mol. The zero-order valence-corrected chi connectivity index (χ0v) is 28.1. The number of methoxy groups -OCH3 is 3. The SMILES string of the molecule is COC(=O)c1cc(COc2ccc(I)cc2)c(C)o1.COc1ccc(-c2ccc(OCc3cc(C(=O)O)oc3C)cc2)cc1OC. The van der Waals surface area contributed by atoms with Gasteiger partial charge in [0.2, 0.25) is 11.5 Å². The third kappa shape index (κ3) is 8.84. The standard InChI is InChI=1S/C21H20O6.C14H13IO4/c1-13-16(11-20(27-13)21(22)23)12-26-17-7-4-14(5-8-17)15-6-9-18(24-2)19(10-15)25-3;1-9-10(7-13(19-9)14(16)17-2)8-18-12-5-3-11(15)4-6-12/h4-11H,12H2,1-3H3,(H,22,23);3-7H,8H2,1-2H3. The first-order valence-electron chi connectivity index (χ1n) is 14.0. The molecule has 0 amide bonds. The van der Waals surface area contributed by atoms with Gasteiger partial charge < -0.3 is 37.6 Å². The van der Waals surface area contributed by atoms with E-state index in [1.165, 1.54) is 13.2 Å². The van der Waals surface area contributed by atoms with Crippen LogP contribution in [0.5, 0.6) is 23.0 Å².